The Morgan fingerprint density at radius 2 is 1.77 bits per heavy atom. The van der Waals surface area contributed by atoms with Crippen molar-refractivity contribution in [2.24, 2.45) is 5.92 Å². The highest BCUT2D eigenvalue weighted by atomic mass is 16.3. The van der Waals surface area contributed by atoms with E-state index < -0.39 is 18.2 Å². The molecule has 0 bridgehead atoms. The fourth-order valence-corrected chi connectivity index (χ4v) is 7.23. The lowest BCUT2D eigenvalue weighted by Gasteiger charge is -2.55. The van der Waals surface area contributed by atoms with Crippen molar-refractivity contribution in [2.75, 3.05) is 26.7 Å². The Labute approximate surface area is 301 Å². The van der Waals surface area contributed by atoms with Gasteiger partial charge in [-0.1, -0.05) is 66.7 Å². The van der Waals surface area contributed by atoms with Gasteiger partial charge in [-0.15, -0.1) is 6.58 Å². The van der Waals surface area contributed by atoms with Crippen molar-refractivity contribution in [2.45, 2.75) is 51.1 Å². The largest absolute Gasteiger partial charge is 0.508 e. The molecule has 1 saturated carbocycles. The number of phenols is 1. The van der Waals surface area contributed by atoms with Crippen LogP contribution in [-0.4, -0.2) is 103 Å². The average Bonchev–Trinajstić information content (AvgIpc) is 3.93. The molecule has 268 valence electrons. The molecule has 1 aliphatic carbocycles. The lowest BCUT2D eigenvalue weighted by Crippen LogP contribution is -2.76. The molecule has 7 rings (SSSR count). The maximum absolute atomic E-state index is 14.6. The molecule has 2 atom stereocenters. The predicted octanol–water partition coefficient (Wildman–Crippen LogP) is 1.85. The van der Waals surface area contributed by atoms with Gasteiger partial charge in [0.1, 0.15) is 37.2 Å². The number of piperazine rings is 1. The van der Waals surface area contributed by atoms with E-state index >= 15 is 0 Å². The number of carbonyl (C=O) groups is 4. The molecule has 2 aliphatic heterocycles. The van der Waals surface area contributed by atoms with Gasteiger partial charge in [-0.25, -0.2) is 14.8 Å². The summed E-state index contributed by atoms with van der Waals surface area (Å²) in [6.07, 6.45) is 4.55. The van der Waals surface area contributed by atoms with Crippen molar-refractivity contribution in [3.8, 4) is 5.75 Å². The van der Waals surface area contributed by atoms with Gasteiger partial charge in [0.05, 0.1) is 18.6 Å². The van der Waals surface area contributed by atoms with E-state index in [1.807, 2.05) is 54.7 Å². The molecule has 0 spiro atoms. The van der Waals surface area contributed by atoms with Crippen LogP contribution in [-0.2, 0) is 35.6 Å². The van der Waals surface area contributed by atoms with Gasteiger partial charge in [-0.2, -0.15) is 5.10 Å². The summed E-state index contributed by atoms with van der Waals surface area (Å²) in [5.41, 5.74) is 3.66. The monoisotopic (exact) mass is 703 g/mol. The number of aromatic hydroxyl groups is 1. The highest BCUT2D eigenvalue weighted by molar-refractivity contribution is 6.08. The number of nitrogens with zero attached hydrogens (tertiary/aromatic N) is 6. The van der Waals surface area contributed by atoms with E-state index in [4.69, 9.17) is 5.10 Å². The number of hydrogen-bond donors (Lipinski definition) is 3. The number of aromatic nitrogens is 2. The fourth-order valence-electron chi connectivity index (χ4n) is 7.23. The number of Topliss-reactive ketones (excluding diaryl/α,β-unsaturated/α-hetero) is 1. The van der Waals surface area contributed by atoms with Gasteiger partial charge in [-0.3, -0.25) is 24.1 Å². The number of rotatable bonds is 12. The van der Waals surface area contributed by atoms with Gasteiger partial charge in [0.2, 0.25) is 11.8 Å². The standard InChI is InChI=1S/C39H42N8O5/c1-3-19-44-25-34(49)46-32(21-26-12-16-30(48)17-13-26)38(51)43(24-33(46)47(44)39(52)41-22-27-8-5-4-6-9-27)23-29-10-7-11-31-35(37(50)28-14-15-28)42-45(36(29)31)20-18-40-2/h3-13,16-18,28,32-33,48H,1,14-15,19-25H2,2H3,(H,41,52)/p+1/t32-,33-/m0/s1. The number of fused-ring (bicyclic) bond motifs is 2. The van der Waals surface area contributed by atoms with Crippen LogP contribution in [0.1, 0.15) is 40.0 Å². The van der Waals surface area contributed by atoms with Crippen LogP contribution in [0, 0.1) is 5.92 Å². The molecule has 3 heterocycles. The van der Waals surface area contributed by atoms with E-state index in [0.717, 1.165) is 40.4 Å². The SMILES string of the molecule is C=CCN1CC(=O)N2[C@@H](Cc3ccc(O)cc3)C(=O)N(Cc3cccc4c(C(=O)C5CC5)nn(CC=[NH+]C)c34)C[C@@H]2N1C(=O)NCc1ccccc1. The Kier molecular flexibility index (Phi) is 9.86. The Morgan fingerprint density at radius 1 is 1.00 bits per heavy atom. The topological polar surface area (TPSA) is 145 Å². The minimum atomic E-state index is -0.931. The van der Waals surface area contributed by atoms with Gasteiger partial charge in [-0.05, 0) is 41.7 Å². The van der Waals surface area contributed by atoms with Gasteiger partial charge in [0.15, 0.2) is 12.0 Å². The number of benzene rings is 3. The first-order valence-electron chi connectivity index (χ1n) is 17.6. The molecule has 3 N–H and O–H groups in total. The highest BCUT2D eigenvalue weighted by Gasteiger charge is 2.51. The summed E-state index contributed by atoms with van der Waals surface area (Å²) in [6.45, 7) is 4.87. The van der Waals surface area contributed by atoms with Crippen LogP contribution in [0.4, 0.5) is 4.79 Å². The van der Waals surface area contributed by atoms with Crippen molar-refractivity contribution >= 4 is 40.7 Å². The predicted molar refractivity (Wildman–Crippen MR) is 194 cm³/mol. The number of urea groups is 1. The van der Waals surface area contributed by atoms with E-state index in [2.05, 4.69) is 16.9 Å². The second kappa shape index (κ2) is 14.8. The van der Waals surface area contributed by atoms with Crippen molar-refractivity contribution in [3.05, 3.63) is 108 Å². The molecule has 2 saturated heterocycles. The van der Waals surface area contributed by atoms with Crippen LogP contribution in [0.15, 0.2) is 85.5 Å². The van der Waals surface area contributed by atoms with Crippen LogP contribution in [0.5, 0.6) is 5.75 Å². The number of ketones is 1. The molecule has 0 radical (unpaired) electrons. The van der Waals surface area contributed by atoms with Gasteiger partial charge >= 0.3 is 6.03 Å². The van der Waals surface area contributed by atoms with Crippen LogP contribution >= 0.6 is 0 Å². The number of hydrazine groups is 1. The van der Waals surface area contributed by atoms with Crippen molar-refractivity contribution in [1.29, 1.82) is 0 Å². The molecule has 3 aromatic carbocycles. The zero-order chi connectivity index (χ0) is 36.4. The number of phenolic OH excluding ortho intramolecular Hbond substituents is 1. The minimum Gasteiger partial charge on any atom is -0.508 e. The molecule has 1 aromatic heterocycles. The molecule has 3 aliphatic rings. The Bertz CT molecular complexity index is 2020. The minimum absolute atomic E-state index is 0.0137. The zero-order valence-corrected chi connectivity index (χ0v) is 29.1. The van der Waals surface area contributed by atoms with Gasteiger partial charge in [0, 0.05) is 37.4 Å². The molecule has 13 heteroatoms. The molecule has 0 unspecified atom stereocenters. The summed E-state index contributed by atoms with van der Waals surface area (Å²) in [6, 6.07) is 20.5. The lowest BCUT2D eigenvalue weighted by molar-refractivity contribution is -0.415. The maximum Gasteiger partial charge on any atom is 0.334 e. The summed E-state index contributed by atoms with van der Waals surface area (Å²) in [7, 11) is 1.80. The molecule has 13 nitrogen and oxygen atoms in total. The lowest BCUT2D eigenvalue weighted by atomic mass is 9.98. The Hall–Kier alpha value is -5.82. The smallest absolute Gasteiger partial charge is 0.334 e. The first-order valence-corrected chi connectivity index (χ1v) is 17.6. The van der Waals surface area contributed by atoms with Gasteiger partial charge in [0.25, 0.3) is 0 Å². The average molecular weight is 704 g/mol. The molecular formula is C39H43N8O5+. The van der Waals surface area contributed by atoms with E-state index in [9.17, 15) is 24.3 Å². The fraction of sp³-hybridized carbons (Fsp3) is 0.333. The number of carbonyl (C=O) groups excluding carboxylic acids is 4. The number of nitrogens with one attached hydrogen (secondary N) is 2. The summed E-state index contributed by atoms with van der Waals surface area (Å²) in [4.78, 5) is 62.4. The third kappa shape index (κ3) is 6.91. The van der Waals surface area contributed by atoms with Crippen molar-refractivity contribution in [3.63, 3.8) is 0 Å². The van der Waals surface area contributed by atoms with E-state index in [0.29, 0.717) is 12.2 Å². The number of para-hydroxylation sites is 1. The van der Waals surface area contributed by atoms with Crippen molar-refractivity contribution < 1.29 is 29.3 Å². The number of amides is 4. The van der Waals surface area contributed by atoms with Crippen LogP contribution < -0.4 is 10.3 Å². The first-order chi connectivity index (χ1) is 25.3. The highest BCUT2D eigenvalue weighted by Crippen LogP contribution is 2.36. The van der Waals surface area contributed by atoms with E-state index in [1.165, 1.54) is 0 Å². The van der Waals surface area contributed by atoms with E-state index in [-0.39, 0.29) is 68.4 Å². The quantitative estimate of drug-likeness (QED) is 0.116. The van der Waals surface area contributed by atoms with Gasteiger partial charge < -0.3 is 20.2 Å². The molecular weight excluding hydrogens is 660 g/mol. The second-order valence-electron chi connectivity index (χ2n) is 13.5. The molecule has 4 amide bonds. The van der Waals surface area contributed by atoms with E-state index in [1.54, 1.807) is 61.9 Å². The second-order valence-corrected chi connectivity index (χ2v) is 13.5. The Balaban J connectivity index is 1.28. The summed E-state index contributed by atoms with van der Waals surface area (Å²) >= 11 is 0. The molecule has 4 aromatic rings. The number of hydrogen-bond acceptors (Lipinski definition) is 7. The zero-order valence-electron chi connectivity index (χ0n) is 29.1. The van der Waals surface area contributed by atoms with Crippen LogP contribution in [0.25, 0.3) is 10.9 Å². The Morgan fingerprint density at radius 3 is 2.48 bits per heavy atom. The molecule has 52 heavy (non-hydrogen) atoms. The van der Waals surface area contributed by atoms with Crippen LogP contribution in [0.3, 0.4) is 0 Å². The summed E-state index contributed by atoms with van der Waals surface area (Å²) < 4.78 is 1.80. The first kappa shape index (κ1) is 34.6. The summed E-state index contributed by atoms with van der Waals surface area (Å²) in [5, 5.41) is 21.7. The normalized spacial score (nSPS) is 19.4. The summed E-state index contributed by atoms with van der Waals surface area (Å²) in [5.74, 6) is -0.432. The third-order valence-electron chi connectivity index (χ3n) is 9.89. The molecule has 3 fully saturated rings. The third-order valence-corrected chi connectivity index (χ3v) is 9.89. The van der Waals surface area contributed by atoms with Crippen molar-refractivity contribution in [1.82, 2.24) is 34.9 Å². The van der Waals surface area contributed by atoms with Crippen LogP contribution in [0.2, 0.25) is 0 Å². The maximum atomic E-state index is 14.6.